The first-order valence-electron chi connectivity index (χ1n) is 10.7. The molecule has 3 aromatic rings. The zero-order valence-corrected chi connectivity index (χ0v) is 21.1. The summed E-state index contributed by atoms with van der Waals surface area (Å²) >= 11 is 6.22. The first-order valence-corrected chi connectivity index (χ1v) is 12.5. The van der Waals surface area contributed by atoms with E-state index < -0.39 is 22.5 Å². The van der Waals surface area contributed by atoms with E-state index in [0.29, 0.717) is 5.75 Å². The number of hydrazone groups is 1. The third-order valence-corrected chi connectivity index (χ3v) is 6.78. The van der Waals surface area contributed by atoms with E-state index in [1.54, 1.807) is 42.5 Å². The second kappa shape index (κ2) is 11.7. The molecule has 0 atom stereocenters. The van der Waals surface area contributed by atoms with E-state index in [1.807, 2.05) is 13.8 Å². The Hall–Kier alpha value is -3.56. The molecule has 10 heteroatoms. The van der Waals surface area contributed by atoms with Crippen LogP contribution in [0.5, 0.6) is 11.5 Å². The number of amides is 1. The minimum atomic E-state index is -4.07. The number of hydrogen-bond donors (Lipinski definition) is 1. The van der Waals surface area contributed by atoms with Gasteiger partial charge in [0.15, 0.2) is 0 Å². The first kappa shape index (κ1) is 26.1. The van der Waals surface area contributed by atoms with Crippen LogP contribution in [0.3, 0.4) is 0 Å². The van der Waals surface area contributed by atoms with Crippen molar-refractivity contribution in [1.82, 2.24) is 5.43 Å². The second-order valence-corrected chi connectivity index (χ2v) is 9.94. The van der Waals surface area contributed by atoms with Crippen LogP contribution in [0.15, 0.2) is 82.8 Å². The SMILES string of the molecule is COc1ccc(N(CC(=O)N/N=C\c2ccc(OC(C)C)cc2)S(=O)(=O)c2ccccc2)cc1Cl. The smallest absolute Gasteiger partial charge is 0.264 e. The molecule has 0 bridgehead atoms. The van der Waals surface area contributed by atoms with E-state index in [2.05, 4.69) is 10.5 Å². The lowest BCUT2D eigenvalue weighted by Gasteiger charge is -2.24. The standard InChI is InChI=1S/C25H26ClN3O5S/c1-18(2)34-21-12-9-19(10-13-21)16-27-28-25(30)17-29(20-11-14-24(33-3)23(26)15-20)35(31,32)22-7-5-4-6-8-22/h4-16,18H,17H2,1-3H3,(H,28,30)/b27-16-. The lowest BCUT2D eigenvalue weighted by atomic mass is 10.2. The van der Waals surface area contributed by atoms with E-state index in [9.17, 15) is 13.2 Å². The number of ether oxygens (including phenoxy) is 2. The molecule has 0 aliphatic carbocycles. The third-order valence-electron chi connectivity index (χ3n) is 4.70. The average molecular weight is 516 g/mol. The fraction of sp³-hybridized carbons (Fsp3) is 0.200. The first-order chi connectivity index (χ1) is 16.7. The molecule has 184 valence electrons. The molecule has 3 rings (SSSR count). The molecule has 0 aliphatic heterocycles. The summed E-state index contributed by atoms with van der Waals surface area (Å²) in [5.74, 6) is 0.472. The van der Waals surface area contributed by atoms with Crippen molar-refractivity contribution >= 4 is 39.4 Å². The van der Waals surface area contributed by atoms with Crippen LogP contribution in [-0.4, -0.2) is 40.3 Å². The van der Waals surface area contributed by atoms with Crippen LogP contribution in [0.2, 0.25) is 5.02 Å². The van der Waals surface area contributed by atoms with Gasteiger partial charge in [0.1, 0.15) is 18.0 Å². The van der Waals surface area contributed by atoms with Crippen molar-refractivity contribution in [1.29, 1.82) is 0 Å². The van der Waals surface area contributed by atoms with Crippen LogP contribution < -0.4 is 19.2 Å². The van der Waals surface area contributed by atoms with Gasteiger partial charge in [0.05, 0.1) is 35.0 Å². The number of nitrogens with one attached hydrogen (secondary N) is 1. The predicted molar refractivity (Wildman–Crippen MR) is 137 cm³/mol. The molecule has 0 saturated carbocycles. The molecule has 0 heterocycles. The van der Waals surface area contributed by atoms with E-state index in [-0.39, 0.29) is 21.7 Å². The van der Waals surface area contributed by atoms with Crippen LogP contribution in [0.25, 0.3) is 0 Å². The Morgan fingerprint density at radius 2 is 1.77 bits per heavy atom. The van der Waals surface area contributed by atoms with Gasteiger partial charge in [-0.25, -0.2) is 13.8 Å². The molecular formula is C25H26ClN3O5S. The monoisotopic (exact) mass is 515 g/mol. The van der Waals surface area contributed by atoms with Crippen molar-refractivity contribution < 1.29 is 22.7 Å². The number of halogens is 1. The lowest BCUT2D eigenvalue weighted by Crippen LogP contribution is -2.39. The fourth-order valence-electron chi connectivity index (χ4n) is 3.09. The van der Waals surface area contributed by atoms with E-state index in [1.165, 1.54) is 43.7 Å². The van der Waals surface area contributed by atoms with Crippen molar-refractivity contribution in [2.45, 2.75) is 24.8 Å². The molecule has 0 fully saturated rings. The number of methoxy groups -OCH3 is 1. The molecule has 0 aliphatic rings. The number of hydrogen-bond acceptors (Lipinski definition) is 6. The Labute approximate surface area is 210 Å². The van der Waals surface area contributed by atoms with Gasteiger partial charge in [-0.15, -0.1) is 0 Å². The Balaban J connectivity index is 1.79. The zero-order valence-electron chi connectivity index (χ0n) is 19.5. The molecule has 0 saturated heterocycles. The van der Waals surface area contributed by atoms with Crippen LogP contribution in [0, 0.1) is 0 Å². The van der Waals surface area contributed by atoms with Crippen molar-refractivity contribution in [2.75, 3.05) is 18.0 Å². The number of rotatable bonds is 10. The van der Waals surface area contributed by atoms with Crippen molar-refractivity contribution in [3.05, 3.63) is 83.4 Å². The fourth-order valence-corrected chi connectivity index (χ4v) is 4.78. The van der Waals surface area contributed by atoms with Crippen LogP contribution in [0.1, 0.15) is 19.4 Å². The highest BCUT2D eigenvalue weighted by Crippen LogP contribution is 2.31. The Morgan fingerprint density at radius 3 is 2.37 bits per heavy atom. The normalized spacial score (nSPS) is 11.5. The summed E-state index contributed by atoms with van der Waals surface area (Å²) in [4.78, 5) is 12.7. The molecule has 0 aromatic heterocycles. The third kappa shape index (κ3) is 6.97. The van der Waals surface area contributed by atoms with Crippen molar-refractivity contribution in [2.24, 2.45) is 5.10 Å². The van der Waals surface area contributed by atoms with Gasteiger partial charge in [0, 0.05) is 0 Å². The topological polar surface area (TPSA) is 97.3 Å². The van der Waals surface area contributed by atoms with Crippen LogP contribution >= 0.6 is 11.6 Å². The Kier molecular flexibility index (Phi) is 8.73. The summed E-state index contributed by atoms with van der Waals surface area (Å²) < 4.78 is 38.4. The molecule has 35 heavy (non-hydrogen) atoms. The number of carbonyl (C=O) groups is 1. The average Bonchev–Trinajstić information content (AvgIpc) is 2.83. The van der Waals surface area contributed by atoms with Crippen molar-refractivity contribution in [3.8, 4) is 11.5 Å². The van der Waals surface area contributed by atoms with E-state index >= 15 is 0 Å². The van der Waals surface area contributed by atoms with Crippen LogP contribution in [-0.2, 0) is 14.8 Å². The predicted octanol–water partition coefficient (Wildman–Crippen LogP) is 4.48. The molecule has 8 nitrogen and oxygen atoms in total. The number of nitrogens with zero attached hydrogens (tertiary/aromatic N) is 2. The largest absolute Gasteiger partial charge is 0.495 e. The molecule has 0 radical (unpaired) electrons. The van der Waals surface area contributed by atoms with Gasteiger partial charge in [-0.2, -0.15) is 5.10 Å². The zero-order chi connectivity index (χ0) is 25.4. The summed E-state index contributed by atoms with van der Waals surface area (Å²) in [6.45, 7) is 3.36. The number of anilines is 1. The maximum atomic E-state index is 13.4. The van der Waals surface area contributed by atoms with E-state index in [0.717, 1.165) is 15.6 Å². The highest BCUT2D eigenvalue weighted by Gasteiger charge is 2.27. The highest BCUT2D eigenvalue weighted by atomic mass is 35.5. The van der Waals surface area contributed by atoms with Crippen molar-refractivity contribution in [3.63, 3.8) is 0 Å². The molecule has 0 spiro atoms. The Bertz CT molecular complexity index is 1280. The number of carbonyl (C=O) groups excluding carboxylic acids is 1. The lowest BCUT2D eigenvalue weighted by molar-refractivity contribution is -0.119. The summed E-state index contributed by atoms with van der Waals surface area (Å²) in [5, 5.41) is 4.16. The van der Waals surface area contributed by atoms with Gasteiger partial charge in [0.2, 0.25) is 0 Å². The highest BCUT2D eigenvalue weighted by molar-refractivity contribution is 7.92. The molecule has 0 unspecified atom stereocenters. The number of sulfonamides is 1. The summed E-state index contributed by atoms with van der Waals surface area (Å²) in [6, 6.07) is 19.5. The number of benzene rings is 3. The van der Waals surface area contributed by atoms with Gasteiger partial charge < -0.3 is 9.47 Å². The maximum Gasteiger partial charge on any atom is 0.264 e. The molecule has 1 amide bonds. The quantitative estimate of drug-likeness (QED) is 0.317. The minimum Gasteiger partial charge on any atom is -0.495 e. The van der Waals surface area contributed by atoms with Gasteiger partial charge in [-0.1, -0.05) is 29.8 Å². The minimum absolute atomic E-state index is 0.0342. The summed E-state index contributed by atoms with van der Waals surface area (Å²) in [5.41, 5.74) is 3.32. The van der Waals surface area contributed by atoms with Gasteiger partial charge in [-0.3, -0.25) is 9.10 Å². The Morgan fingerprint density at radius 1 is 1.09 bits per heavy atom. The molecule has 1 N–H and O–H groups in total. The summed E-state index contributed by atoms with van der Waals surface area (Å²) in [7, 11) is -2.62. The second-order valence-electron chi connectivity index (χ2n) is 7.67. The summed E-state index contributed by atoms with van der Waals surface area (Å²) in [6.07, 6.45) is 1.52. The van der Waals surface area contributed by atoms with Gasteiger partial charge >= 0.3 is 0 Å². The molecular weight excluding hydrogens is 490 g/mol. The van der Waals surface area contributed by atoms with E-state index in [4.69, 9.17) is 21.1 Å². The molecule has 3 aromatic carbocycles. The van der Waals surface area contributed by atoms with Crippen LogP contribution in [0.4, 0.5) is 5.69 Å². The van der Waals surface area contributed by atoms with Gasteiger partial charge in [0.25, 0.3) is 15.9 Å². The maximum absolute atomic E-state index is 13.4. The van der Waals surface area contributed by atoms with Gasteiger partial charge in [-0.05, 0) is 74.0 Å².